The van der Waals surface area contributed by atoms with Crippen LogP contribution >= 0.6 is 92.8 Å². The molecule has 6 atom stereocenters. The Morgan fingerprint density at radius 3 is 1.61 bits per heavy atom. The lowest BCUT2D eigenvalue weighted by atomic mass is 9.93. The second-order valence-corrected chi connectivity index (χ2v) is 23.1. The molecule has 35 heteroatoms. The van der Waals surface area contributed by atoms with Crippen LogP contribution in [0.25, 0.3) is 0 Å². The fourth-order valence-corrected chi connectivity index (χ4v) is 8.21. The summed E-state index contributed by atoms with van der Waals surface area (Å²) in [6.45, 7) is 8.41. The predicted octanol–water partition coefficient (Wildman–Crippen LogP) is 4.66. The summed E-state index contributed by atoms with van der Waals surface area (Å²) >= 11 is 43.4. The number of carbonyl (C=O) groups excluding carboxylic acids is 4. The zero-order chi connectivity index (χ0) is 58.7. The van der Waals surface area contributed by atoms with Gasteiger partial charge in [-0.2, -0.15) is 18.0 Å². The van der Waals surface area contributed by atoms with Crippen molar-refractivity contribution in [2.24, 2.45) is 17.0 Å². The molecule has 0 bridgehead atoms. The van der Waals surface area contributed by atoms with Gasteiger partial charge in [-0.3, -0.25) is 20.2 Å². The molecular weight excluding hydrogens is 1250 g/mol. The Labute approximate surface area is 488 Å². The average Bonchev–Trinajstić information content (AvgIpc) is 4.41. The van der Waals surface area contributed by atoms with Crippen molar-refractivity contribution in [1.82, 2.24) is 46.3 Å². The van der Waals surface area contributed by atoms with E-state index < -0.39 is 70.7 Å². The van der Waals surface area contributed by atoms with Crippen molar-refractivity contribution in [2.45, 2.75) is 48.6 Å². The summed E-state index contributed by atoms with van der Waals surface area (Å²) in [4.78, 5) is 60.4. The SMILES string of the molecule is C=C1N[C@H]2[C@H](CO)N=C(NC(=O)C(Cl)(Cl)Cl)N3CC=C[C@]23N1.C=C1N[C@H]2[C@H](COC(=O)Oc3ccccc3)N=C(NC(=O)C(Cl)(Cl)Cl)N3CC=C[C@]23N1.C[n+]1ccn(C(=O)Oc2ccccc2)c1.ClCCl.O=S(=O)([O-])C(F)(F)F. The topological polar surface area (TPSA) is 286 Å². The monoisotopic (exact) mass is 1290 g/mol. The molecule has 7 heterocycles. The Bertz CT molecular complexity index is 2960. The molecule has 0 saturated carbocycles. The maximum Gasteiger partial charge on any atom is 0.517 e. The number of hydrogen-bond donors (Lipinski definition) is 7. The van der Waals surface area contributed by atoms with Crippen molar-refractivity contribution in [3.05, 3.63) is 128 Å². The highest BCUT2D eigenvalue weighted by atomic mass is 35.6. The first kappa shape index (κ1) is 64.2. The number of rotatable bonds is 5. The summed E-state index contributed by atoms with van der Waals surface area (Å²) in [5.74, 6) is 0.811. The van der Waals surface area contributed by atoms with Crippen molar-refractivity contribution in [2.75, 3.05) is 31.6 Å². The highest BCUT2D eigenvalue weighted by molar-refractivity contribution is 7.86. The molecule has 23 nitrogen and oxygen atoms in total. The van der Waals surface area contributed by atoms with E-state index in [1.165, 1.54) is 4.57 Å². The summed E-state index contributed by atoms with van der Waals surface area (Å²) < 4.78 is 73.4. The van der Waals surface area contributed by atoms with Crippen LogP contribution in [0.5, 0.6) is 11.5 Å². The number of benzene rings is 2. The number of alkyl halides is 11. The summed E-state index contributed by atoms with van der Waals surface area (Å²) in [5, 5.41) is 27.7. The number of ether oxygens (including phenoxy) is 3. The van der Waals surface area contributed by atoms with Crippen LogP contribution in [0.1, 0.15) is 0 Å². The normalized spacial score (nSPS) is 23.0. The maximum atomic E-state index is 12.3. The molecule has 7 N–H and O–H groups in total. The number of nitrogens with one attached hydrogen (secondary N) is 6. The summed E-state index contributed by atoms with van der Waals surface area (Å²) in [6, 6.07) is 15.8. The van der Waals surface area contributed by atoms with E-state index in [1.807, 2.05) is 54.5 Å². The number of imidazole rings is 1. The lowest BCUT2D eigenvalue weighted by molar-refractivity contribution is -0.670. The summed E-state index contributed by atoms with van der Waals surface area (Å²) in [5.41, 5.74) is -7.10. The van der Waals surface area contributed by atoms with Gasteiger partial charge >= 0.3 is 17.8 Å². The number of aryl methyl sites for hydroxylation is 1. The smallest absolute Gasteiger partial charge is 0.517 e. The van der Waals surface area contributed by atoms with Crippen molar-refractivity contribution in [1.29, 1.82) is 0 Å². The first-order valence-corrected chi connectivity index (χ1v) is 26.9. The summed E-state index contributed by atoms with van der Waals surface area (Å²) in [7, 11) is -4.25. The number of amides is 2. The third kappa shape index (κ3) is 16.5. The third-order valence-electron chi connectivity index (χ3n) is 11.1. The maximum absolute atomic E-state index is 12.3. The number of nitrogens with zero attached hydrogens (tertiary/aromatic N) is 6. The molecule has 6 aliphatic heterocycles. The highest BCUT2D eigenvalue weighted by Gasteiger charge is 2.58. The fraction of sp³-hybridized carbons (Fsp3) is 0.341. The van der Waals surface area contributed by atoms with Gasteiger partial charge in [0, 0.05) is 13.1 Å². The number of aliphatic imine (C=N–C) groups is 2. The van der Waals surface area contributed by atoms with Crippen LogP contribution in [0.3, 0.4) is 0 Å². The van der Waals surface area contributed by atoms with E-state index in [2.05, 4.69) is 55.0 Å². The van der Waals surface area contributed by atoms with Gasteiger partial charge in [-0.15, -0.1) is 27.8 Å². The lowest BCUT2D eigenvalue weighted by Gasteiger charge is -2.45. The Morgan fingerprint density at radius 1 is 0.797 bits per heavy atom. The van der Waals surface area contributed by atoms with E-state index in [-0.39, 0.29) is 42.6 Å². The number of halogens is 11. The number of carbonyl (C=O) groups is 4. The first-order chi connectivity index (χ1) is 36.9. The van der Waals surface area contributed by atoms with Gasteiger partial charge in [0.2, 0.25) is 11.9 Å². The van der Waals surface area contributed by atoms with Gasteiger partial charge in [-0.25, -0.2) is 27.8 Å². The van der Waals surface area contributed by atoms with Gasteiger partial charge in [0.25, 0.3) is 25.7 Å². The Balaban J connectivity index is 0.000000208. The van der Waals surface area contributed by atoms with Crippen LogP contribution in [0, 0.1) is 0 Å². The van der Waals surface area contributed by atoms with Crippen molar-refractivity contribution < 1.29 is 69.2 Å². The molecule has 0 aliphatic carbocycles. The van der Waals surface area contributed by atoms with Gasteiger partial charge in [0.15, 0.2) is 21.4 Å². The van der Waals surface area contributed by atoms with E-state index in [4.69, 9.17) is 120 Å². The number of aliphatic hydroxyl groups is 1. The molecule has 0 radical (unpaired) electrons. The first-order valence-electron chi connectivity index (χ1n) is 22.1. The molecule has 0 unspecified atom stereocenters. The van der Waals surface area contributed by atoms with Gasteiger partial charge < -0.3 is 54.9 Å². The molecule has 6 aliphatic rings. The zero-order valence-electron chi connectivity index (χ0n) is 40.4. The minimum absolute atomic E-state index is 0.130. The van der Waals surface area contributed by atoms with Crippen LogP contribution in [-0.2, 0) is 31.5 Å². The molecule has 9 rings (SSSR count). The quantitative estimate of drug-likeness (QED) is 0.0348. The number of para-hydroxylation sites is 2. The molecular formula is C44H45Cl8F3N12O11S. The Morgan fingerprint density at radius 2 is 1.22 bits per heavy atom. The third-order valence-corrected chi connectivity index (χ3v) is 12.7. The lowest BCUT2D eigenvalue weighted by Crippen LogP contribution is -2.69. The van der Waals surface area contributed by atoms with Crippen LogP contribution < -0.4 is 45.9 Å². The molecule has 2 saturated heterocycles. The Kier molecular flexibility index (Phi) is 21.8. The Hall–Kier alpha value is -5.59. The zero-order valence-corrected chi connectivity index (χ0v) is 47.2. The van der Waals surface area contributed by atoms with Gasteiger partial charge in [-0.1, -0.05) is 131 Å². The van der Waals surface area contributed by atoms with E-state index in [0.717, 1.165) is 0 Å². The van der Waals surface area contributed by atoms with Crippen LogP contribution in [-0.4, -0.2) is 149 Å². The minimum atomic E-state index is -6.09. The molecule has 2 aromatic carbocycles. The number of guanidine groups is 2. The van der Waals surface area contributed by atoms with E-state index in [0.29, 0.717) is 36.2 Å². The molecule has 1 aromatic heterocycles. The molecule has 2 amide bonds. The van der Waals surface area contributed by atoms with E-state index in [9.17, 15) is 37.5 Å². The molecule has 2 fully saturated rings. The second-order valence-electron chi connectivity index (χ2n) is 16.4. The van der Waals surface area contributed by atoms with Crippen molar-refractivity contribution in [3.8, 4) is 11.5 Å². The fourth-order valence-electron chi connectivity index (χ4n) is 7.92. The van der Waals surface area contributed by atoms with Crippen LogP contribution in [0.4, 0.5) is 22.8 Å². The molecule has 79 heavy (non-hydrogen) atoms. The molecule has 2 spiro atoms. The van der Waals surface area contributed by atoms with Crippen LogP contribution in [0.2, 0.25) is 0 Å². The van der Waals surface area contributed by atoms with Crippen molar-refractivity contribution >= 4 is 139 Å². The number of aromatic nitrogens is 2. The molecule has 3 aromatic rings. The predicted molar refractivity (Wildman–Crippen MR) is 286 cm³/mol. The number of hydrogen-bond acceptors (Lipinski definition) is 19. The number of aliphatic hydroxyl groups excluding tert-OH is 1. The highest BCUT2D eigenvalue weighted by Crippen LogP contribution is 2.38. The van der Waals surface area contributed by atoms with Gasteiger partial charge in [-0.05, 0) is 36.4 Å². The summed E-state index contributed by atoms with van der Waals surface area (Å²) in [6.07, 6.45) is 11.5. The second kappa shape index (κ2) is 26.8. The van der Waals surface area contributed by atoms with Crippen molar-refractivity contribution in [3.63, 3.8) is 0 Å². The van der Waals surface area contributed by atoms with Crippen LogP contribution in [0.15, 0.2) is 138 Å². The van der Waals surface area contributed by atoms with Gasteiger partial charge in [0.05, 0.1) is 42.7 Å². The standard InChI is InChI=1S/C19H18Cl3N5O4.C12H14Cl3N5O2.C11H11N2O2.CH2Cl2.CHF3O3S/c1-11-23-14-13(10-30-17(29)31-12-6-3-2-4-7-12)24-16(25-15(28)19(20,21)22)27-9-5-8-18(14,27)26-11;1-6-16-8-7(5-21)17-10(18-9(22)12(13,14)15)20-4-2-3-11(8,20)19-6;1-12-7-8-13(9-12)11(14)15-10-5-3-2-4-6-10;2-1-3;2-1(3,4)8(5,6)7/h2-8,13-14,23,26H,1,9-10H2,(H,24,25,28);2-3,7-8,16,19,21H,1,4-5H2,(H,17,18,22);2-9H,1H3;1H2;(H,5,6,7)/q;;+1;;/p-1/t13-,14-,18+;7-,8-,11+;;;/m00.../s1. The van der Waals surface area contributed by atoms with E-state index >= 15 is 0 Å². The molecule has 430 valence electrons. The van der Waals surface area contributed by atoms with E-state index in [1.54, 1.807) is 70.7 Å². The average molecular weight is 1290 g/mol. The largest absolute Gasteiger partial charge is 0.741 e. The minimum Gasteiger partial charge on any atom is -0.741 e. The van der Waals surface area contributed by atoms with Gasteiger partial charge in [0.1, 0.15) is 42.6 Å².